The molecule has 0 bridgehead atoms. The normalized spacial score (nSPS) is 23.5. The van der Waals surface area contributed by atoms with Gasteiger partial charge in [-0.05, 0) is 11.6 Å². The third kappa shape index (κ3) is 11.6. The van der Waals surface area contributed by atoms with Gasteiger partial charge in [0.2, 0.25) is 5.28 Å². The van der Waals surface area contributed by atoms with Gasteiger partial charge in [-0.1, -0.05) is 5.92 Å². The van der Waals surface area contributed by atoms with Crippen molar-refractivity contribution in [1.29, 1.82) is 0 Å². The molecule has 19 nitrogen and oxygen atoms in total. The summed E-state index contributed by atoms with van der Waals surface area (Å²) < 4.78 is 56.5. The van der Waals surface area contributed by atoms with E-state index in [1.54, 1.807) is 0 Å². The van der Waals surface area contributed by atoms with E-state index in [4.69, 9.17) is 56.0 Å². The van der Waals surface area contributed by atoms with Crippen molar-refractivity contribution in [3.05, 3.63) is 11.5 Å². The molecule has 2 aromatic rings. The quantitative estimate of drug-likeness (QED) is 0.0486. The summed E-state index contributed by atoms with van der Waals surface area (Å²) in [6.07, 6.45) is 0.837. The van der Waals surface area contributed by atoms with Crippen LogP contribution in [0.3, 0.4) is 0 Å². The smallest absolute Gasteiger partial charge is 0.340 e. The largest absolute Gasteiger partial charge is 0.387 e. The van der Waals surface area contributed by atoms with E-state index in [1.165, 1.54) is 10.9 Å². The fourth-order valence-electron chi connectivity index (χ4n) is 5.01. The van der Waals surface area contributed by atoms with Crippen molar-refractivity contribution in [2.24, 2.45) is 0 Å². The molecule has 4 heterocycles. The van der Waals surface area contributed by atoms with Crippen molar-refractivity contribution >= 4 is 43.6 Å². The number of hydrogen-bond donors (Lipinski definition) is 5. The molecular weight excluding hydrogens is 702 g/mol. The van der Waals surface area contributed by atoms with Gasteiger partial charge in [0.25, 0.3) is 0 Å². The molecule has 0 amide bonds. The van der Waals surface area contributed by atoms with Crippen molar-refractivity contribution < 1.29 is 62.2 Å². The lowest BCUT2D eigenvalue weighted by Gasteiger charge is -2.35. The first-order valence-corrected chi connectivity index (χ1v) is 19.0. The van der Waals surface area contributed by atoms with Gasteiger partial charge in [0.1, 0.15) is 30.7 Å². The minimum atomic E-state index is -4.85. The van der Waals surface area contributed by atoms with Gasteiger partial charge in [-0.15, -0.1) is 6.42 Å². The Morgan fingerprint density at radius 2 is 1.56 bits per heavy atom. The summed E-state index contributed by atoms with van der Waals surface area (Å²) in [7, 11) is -9.57. The maximum absolute atomic E-state index is 12.0. The Morgan fingerprint density at radius 1 is 0.938 bits per heavy atom. The van der Waals surface area contributed by atoms with E-state index in [0.717, 1.165) is 19.6 Å². The second-order valence-corrected chi connectivity index (χ2v) is 15.2. The summed E-state index contributed by atoms with van der Waals surface area (Å²) in [5.74, 6) is 1.51. The van der Waals surface area contributed by atoms with Crippen LogP contribution in [0, 0.1) is 12.3 Å². The van der Waals surface area contributed by atoms with Crippen LogP contribution >= 0.6 is 26.8 Å². The topological polar surface area (TPSA) is 241 Å². The Labute approximate surface area is 281 Å². The Balaban J connectivity index is 1.22. The molecule has 0 aliphatic carbocycles. The van der Waals surface area contributed by atoms with Crippen LogP contribution in [0.1, 0.15) is 6.23 Å². The van der Waals surface area contributed by atoms with Crippen LogP contribution in [0.5, 0.6) is 0 Å². The van der Waals surface area contributed by atoms with Crippen molar-refractivity contribution in [2.75, 3.05) is 103 Å². The molecule has 1 unspecified atom stereocenters. The Bertz CT molecular complexity index is 1450. The lowest BCUT2D eigenvalue weighted by molar-refractivity contribution is -0.0541. The number of ether oxygens (including phenoxy) is 5. The highest BCUT2D eigenvalue weighted by atomic mass is 35.5. The average Bonchev–Trinajstić information content (AvgIpc) is 3.57. The molecule has 2 aromatic heterocycles. The van der Waals surface area contributed by atoms with E-state index in [-0.39, 0.29) is 17.5 Å². The number of hydrogen-bond acceptors (Lipinski definition) is 15. The summed E-state index contributed by atoms with van der Waals surface area (Å²) in [5.41, 5.74) is 0.218. The monoisotopic (exact) mass is 742 g/mol. The van der Waals surface area contributed by atoms with Crippen LogP contribution in [0.25, 0.3) is 11.0 Å². The van der Waals surface area contributed by atoms with Crippen LogP contribution in [-0.2, 0) is 37.3 Å². The van der Waals surface area contributed by atoms with Gasteiger partial charge in [-0.25, -0.2) is 4.68 Å². The van der Waals surface area contributed by atoms with Gasteiger partial charge in [0.15, 0.2) is 17.8 Å². The summed E-state index contributed by atoms with van der Waals surface area (Å²) in [5, 5.41) is 26.0. The van der Waals surface area contributed by atoms with Gasteiger partial charge in [0.05, 0.1) is 64.4 Å². The SMILES string of the molecule is C#CCOCCOCCOCCOCCN1CCN(c2nc(Cl)nc3c2cnn3[C@@H]2O[C@H](COP(=O)(O)CP(=O)(O)O)[C@@H](O)[C@H]2O)CC1. The maximum Gasteiger partial charge on any atom is 0.340 e. The standard InChI is InChI=1S/C26H41ClN6O13P2/c1-2-8-41-10-12-43-14-15-44-13-11-42-9-7-31-3-5-32(6-4-31)23-19-16-28-33(24(19)30-26(27)29-23)25-22(35)21(34)20(46-25)17-45-48(39,40)18-47(36,37)38/h1,16,20-22,25,34-35H,3-15,17-18H2,(H,39,40)(H2,36,37,38)/t20-,21-,22-,25-/m1/s1. The number of piperazine rings is 1. The predicted octanol–water partition coefficient (Wildman–Crippen LogP) is -0.742. The Hall–Kier alpha value is -1.82. The van der Waals surface area contributed by atoms with E-state index in [1.807, 2.05) is 4.90 Å². The first-order valence-electron chi connectivity index (χ1n) is 15.0. The van der Waals surface area contributed by atoms with Crippen molar-refractivity contribution in [3.63, 3.8) is 0 Å². The zero-order valence-corrected chi connectivity index (χ0v) is 28.6. The highest BCUT2D eigenvalue weighted by Crippen LogP contribution is 2.55. The van der Waals surface area contributed by atoms with E-state index < -0.39 is 52.2 Å². The molecule has 0 radical (unpaired) electrons. The zero-order valence-electron chi connectivity index (χ0n) is 26.0. The van der Waals surface area contributed by atoms with Crippen LogP contribution in [0.2, 0.25) is 5.28 Å². The van der Waals surface area contributed by atoms with Crippen molar-refractivity contribution in [3.8, 4) is 12.3 Å². The summed E-state index contributed by atoms with van der Waals surface area (Å²) >= 11 is 6.28. The van der Waals surface area contributed by atoms with Crippen LogP contribution in [0.15, 0.2) is 6.20 Å². The highest BCUT2D eigenvalue weighted by Gasteiger charge is 2.46. The third-order valence-corrected chi connectivity index (χ3v) is 10.9. The lowest BCUT2D eigenvalue weighted by Crippen LogP contribution is -2.47. The zero-order chi connectivity index (χ0) is 34.7. The van der Waals surface area contributed by atoms with Gasteiger partial charge in [-0.3, -0.25) is 14.0 Å². The molecule has 0 saturated carbocycles. The molecule has 0 spiro atoms. The molecule has 2 fully saturated rings. The highest BCUT2D eigenvalue weighted by molar-refractivity contribution is 7.70. The average molecular weight is 743 g/mol. The van der Waals surface area contributed by atoms with Crippen molar-refractivity contribution in [2.45, 2.75) is 24.5 Å². The first kappa shape index (κ1) is 39.0. The summed E-state index contributed by atoms with van der Waals surface area (Å²) in [6, 6.07) is 0. The fraction of sp³-hybridized carbons (Fsp3) is 0.731. The third-order valence-electron chi connectivity index (χ3n) is 7.31. The number of fused-ring (bicyclic) bond motifs is 1. The van der Waals surface area contributed by atoms with Crippen molar-refractivity contribution in [1.82, 2.24) is 24.6 Å². The Kier molecular flexibility index (Phi) is 15.0. The molecule has 48 heavy (non-hydrogen) atoms. The number of halogens is 1. The molecule has 5 N–H and O–H groups in total. The summed E-state index contributed by atoms with van der Waals surface area (Å²) in [4.78, 5) is 40.7. The molecule has 0 aromatic carbocycles. The van der Waals surface area contributed by atoms with E-state index in [9.17, 15) is 24.2 Å². The number of nitrogens with zero attached hydrogens (tertiary/aromatic N) is 6. The maximum atomic E-state index is 12.0. The minimum Gasteiger partial charge on any atom is -0.387 e. The number of rotatable bonds is 20. The number of aromatic nitrogens is 4. The molecule has 4 rings (SSSR count). The number of aliphatic hydroxyl groups is 2. The predicted molar refractivity (Wildman–Crippen MR) is 170 cm³/mol. The molecule has 2 aliphatic rings. The van der Waals surface area contributed by atoms with Gasteiger partial charge in [0, 0.05) is 32.7 Å². The number of anilines is 1. The van der Waals surface area contributed by atoms with Crippen LogP contribution in [-0.4, -0.2) is 166 Å². The van der Waals surface area contributed by atoms with Gasteiger partial charge < -0.3 is 58.0 Å². The minimum absolute atomic E-state index is 0.0792. The molecular formula is C26H41ClN6O13P2. The first-order chi connectivity index (χ1) is 22.9. The number of terminal acetylenes is 1. The second-order valence-electron chi connectivity index (χ2n) is 10.9. The molecule has 5 atom stereocenters. The van der Waals surface area contributed by atoms with Crippen LogP contribution < -0.4 is 4.90 Å². The second kappa shape index (κ2) is 18.4. The van der Waals surface area contributed by atoms with E-state index >= 15 is 0 Å². The van der Waals surface area contributed by atoms with Gasteiger partial charge >= 0.3 is 15.2 Å². The Morgan fingerprint density at radius 3 is 2.19 bits per heavy atom. The molecule has 22 heteroatoms. The molecule has 2 aliphatic heterocycles. The number of aliphatic hydroxyl groups excluding tert-OH is 2. The van der Waals surface area contributed by atoms with E-state index in [0.29, 0.717) is 70.5 Å². The molecule has 2 saturated heterocycles. The van der Waals surface area contributed by atoms with Gasteiger partial charge in [-0.2, -0.15) is 15.1 Å². The summed E-state index contributed by atoms with van der Waals surface area (Å²) in [6.45, 7) is 6.30. The molecule has 270 valence electrons. The van der Waals surface area contributed by atoms with E-state index in [2.05, 4.69) is 25.9 Å². The van der Waals surface area contributed by atoms with Crippen LogP contribution in [0.4, 0.5) is 5.82 Å². The lowest BCUT2D eigenvalue weighted by atomic mass is 10.1. The fourth-order valence-corrected chi connectivity index (χ4v) is 7.74.